The zero-order valence-electron chi connectivity index (χ0n) is 19.8. The van der Waals surface area contributed by atoms with E-state index in [1.165, 1.54) is 35.7 Å². The van der Waals surface area contributed by atoms with Gasteiger partial charge in [-0.3, -0.25) is 23.7 Å². The van der Waals surface area contributed by atoms with E-state index in [0.29, 0.717) is 18.4 Å². The summed E-state index contributed by atoms with van der Waals surface area (Å²) in [6.45, 7) is 1.55. The Morgan fingerprint density at radius 2 is 1.86 bits per heavy atom. The first-order valence-electron chi connectivity index (χ1n) is 11.7. The Balaban J connectivity index is 1.79. The second-order valence-corrected chi connectivity index (χ2v) is 9.17. The van der Waals surface area contributed by atoms with Crippen molar-refractivity contribution in [1.82, 2.24) is 14.4 Å². The van der Waals surface area contributed by atoms with Gasteiger partial charge in [0, 0.05) is 37.7 Å². The third-order valence-corrected chi connectivity index (χ3v) is 7.09. The van der Waals surface area contributed by atoms with Crippen LogP contribution in [0.4, 0.5) is 5.69 Å². The first-order chi connectivity index (χ1) is 17.2. The van der Waals surface area contributed by atoms with Crippen LogP contribution in [-0.2, 0) is 14.4 Å². The van der Waals surface area contributed by atoms with Gasteiger partial charge in [-0.1, -0.05) is 18.2 Å². The van der Waals surface area contributed by atoms with Crippen molar-refractivity contribution in [1.29, 1.82) is 0 Å². The zero-order valence-corrected chi connectivity index (χ0v) is 19.8. The van der Waals surface area contributed by atoms with Crippen molar-refractivity contribution in [2.24, 2.45) is 0 Å². The van der Waals surface area contributed by atoms with Crippen molar-refractivity contribution in [3.05, 3.63) is 59.8 Å². The Morgan fingerprint density at radius 1 is 1.11 bits per heavy atom. The van der Waals surface area contributed by atoms with E-state index < -0.39 is 41.8 Å². The predicted octanol–water partition coefficient (Wildman–Crippen LogP) is 1.86. The topological polar surface area (TPSA) is 132 Å². The molecule has 3 aromatic rings. The summed E-state index contributed by atoms with van der Waals surface area (Å²) in [5, 5.41) is 25.3. The minimum Gasteiger partial charge on any atom is -0.507 e. The lowest BCUT2D eigenvalue weighted by atomic mass is 9.98. The van der Waals surface area contributed by atoms with Crippen molar-refractivity contribution in [3.8, 4) is 5.75 Å². The number of likely N-dealkylation sites (N-methyl/N-ethyl adjacent to an activating group) is 1. The fraction of sp³-hybridized carbons (Fsp3) is 0.308. The number of nitrogens with one attached hydrogen (secondary N) is 1. The smallest absolute Gasteiger partial charge is 0.264 e. The number of anilines is 1. The molecule has 10 heteroatoms. The fourth-order valence-electron chi connectivity index (χ4n) is 5.17. The minimum absolute atomic E-state index is 0.120. The molecule has 3 heterocycles. The monoisotopic (exact) mass is 490 g/mol. The van der Waals surface area contributed by atoms with E-state index in [1.54, 1.807) is 36.4 Å². The van der Waals surface area contributed by atoms with E-state index in [-0.39, 0.29) is 34.5 Å². The Kier molecular flexibility index (Phi) is 5.76. The second-order valence-electron chi connectivity index (χ2n) is 9.17. The molecule has 3 N–H and O–H groups in total. The van der Waals surface area contributed by atoms with Crippen LogP contribution in [0.3, 0.4) is 0 Å². The zero-order chi connectivity index (χ0) is 25.7. The molecule has 1 unspecified atom stereocenters. The summed E-state index contributed by atoms with van der Waals surface area (Å²) in [5.74, 6) is -2.18. The molecule has 0 saturated carbocycles. The van der Waals surface area contributed by atoms with Crippen molar-refractivity contribution in [2.75, 3.05) is 18.9 Å². The number of benzene rings is 2. The van der Waals surface area contributed by atoms with Crippen LogP contribution in [0, 0.1) is 0 Å². The number of aromatic hydroxyl groups is 1. The summed E-state index contributed by atoms with van der Waals surface area (Å²) in [5.41, 5.74) is 0.921. The largest absolute Gasteiger partial charge is 0.507 e. The predicted molar refractivity (Wildman–Crippen MR) is 130 cm³/mol. The second kappa shape index (κ2) is 8.80. The quantitative estimate of drug-likeness (QED) is 0.477. The third kappa shape index (κ3) is 3.61. The number of carbonyl (C=O) groups excluding carboxylic acids is 4. The number of aromatic nitrogens is 1. The molecule has 0 radical (unpaired) electrons. The number of nitrogens with zero attached hydrogens (tertiary/aromatic N) is 3. The number of aliphatic hydroxyl groups is 1. The van der Waals surface area contributed by atoms with Gasteiger partial charge < -0.3 is 25.3 Å². The fourth-order valence-corrected chi connectivity index (χ4v) is 5.17. The lowest BCUT2D eigenvalue weighted by molar-refractivity contribution is -0.150. The first-order valence-corrected chi connectivity index (χ1v) is 11.7. The van der Waals surface area contributed by atoms with Gasteiger partial charge in [0.2, 0.25) is 17.7 Å². The van der Waals surface area contributed by atoms with E-state index >= 15 is 0 Å². The SMILES string of the molecule is CC(=O)N(C)C1C(=O)N2CCC[C@H]2C(=O)Nc2ccccc2C(=O)n2cc(c3c(O)cccc32)[C@H]1O. The first kappa shape index (κ1) is 23.6. The van der Waals surface area contributed by atoms with E-state index in [1.807, 2.05) is 0 Å². The van der Waals surface area contributed by atoms with Crippen LogP contribution in [0.15, 0.2) is 48.7 Å². The molecule has 2 aromatic carbocycles. The van der Waals surface area contributed by atoms with Gasteiger partial charge in [-0.05, 0) is 37.1 Å². The molecule has 2 aliphatic heterocycles. The molecule has 5 rings (SSSR count). The van der Waals surface area contributed by atoms with Crippen LogP contribution < -0.4 is 5.32 Å². The highest BCUT2D eigenvalue weighted by Gasteiger charge is 2.43. The Bertz CT molecular complexity index is 1410. The van der Waals surface area contributed by atoms with E-state index in [0.717, 1.165) is 4.90 Å². The highest BCUT2D eigenvalue weighted by Crippen LogP contribution is 2.37. The van der Waals surface area contributed by atoms with Crippen molar-refractivity contribution < 1.29 is 29.4 Å². The maximum absolute atomic E-state index is 13.8. The highest BCUT2D eigenvalue weighted by atomic mass is 16.3. The third-order valence-electron chi connectivity index (χ3n) is 7.09. The lowest BCUT2D eigenvalue weighted by Gasteiger charge is -2.35. The summed E-state index contributed by atoms with van der Waals surface area (Å²) < 4.78 is 1.27. The van der Waals surface area contributed by atoms with Gasteiger partial charge in [0.05, 0.1) is 16.8 Å². The van der Waals surface area contributed by atoms with E-state index in [9.17, 15) is 29.4 Å². The molecule has 0 spiro atoms. The van der Waals surface area contributed by atoms with Gasteiger partial charge in [-0.2, -0.15) is 0 Å². The van der Waals surface area contributed by atoms with Crippen LogP contribution in [0.5, 0.6) is 5.75 Å². The number of rotatable bonds is 1. The number of amides is 3. The molecule has 3 atom stereocenters. The molecule has 3 amide bonds. The number of phenols is 1. The molecular formula is C26H26N4O6. The van der Waals surface area contributed by atoms with E-state index in [2.05, 4.69) is 5.32 Å². The average Bonchev–Trinajstić information content (AvgIpc) is 3.49. The van der Waals surface area contributed by atoms with Crippen LogP contribution in [-0.4, -0.2) is 73.9 Å². The molecule has 2 aliphatic rings. The van der Waals surface area contributed by atoms with Crippen molar-refractivity contribution >= 4 is 40.2 Å². The van der Waals surface area contributed by atoms with Gasteiger partial charge in [-0.25, -0.2) is 0 Å². The lowest BCUT2D eigenvalue weighted by Crippen LogP contribution is -2.54. The van der Waals surface area contributed by atoms with Gasteiger partial charge in [0.25, 0.3) is 5.91 Å². The number of para-hydroxylation sites is 1. The molecule has 2 bridgehead atoms. The summed E-state index contributed by atoms with van der Waals surface area (Å²) in [6.07, 6.45) is 0.760. The summed E-state index contributed by atoms with van der Waals surface area (Å²) >= 11 is 0. The molecule has 36 heavy (non-hydrogen) atoms. The number of phenolic OH excluding ortho intramolecular Hbond substituents is 1. The summed E-state index contributed by atoms with van der Waals surface area (Å²) in [4.78, 5) is 55.7. The maximum Gasteiger partial charge on any atom is 0.264 e. The van der Waals surface area contributed by atoms with Crippen LogP contribution in [0.2, 0.25) is 0 Å². The van der Waals surface area contributed by atoms with Crippen LogP contribution in [0.25, 0.3) is 10.9 Å². The molecule has 1 aromatic heterocycles. The number of hydrogen-bond donors (Lipinski definition) is 3. The molecule has 0 aliphatic carbocycles. The Morgan fingerprint density at radius 3 is 2.61 bits per heavy atom. The number of fused-ring (bicyclic) bond motifs is 7. The average molecular weight is 491 g/mol. The van der Waals surface area contributed by atoms with Gasteiger partial charge in [0.1, 0.15) is 23.9 Å². The van der Waals surface area contributed by atoms with Gasteiger partial charge in [0.15, 0.2) is 0 Å². The van der Waals surface area contributed by atoms with Crippen molar-refractivity contribution in [2.45, 2.75) is 38.0 Å². The molecular weight excluding hydrogens is 464 g/mol. The standard InChI is InChI=1S/C26H26N4O6/c1-14(31)28(2)22-23(33)16-13-30(18-9-5-11-20(32)21(16)18)25(35)15-7-3-4-8-17(15)27-24(34)19-10-6-12-29(19)26(22)36/h3-5,7-9,11,13,19,22-23,32-33H,6,10,12H2,1-2H3,(H,27,34)/t19-,22?,23+/m0/s1. The maximum atomic E-state index is 13.8. The molecule has 1 saturated heterocycles. The van der Waals surface area contributed by atoms with Crippen LogP contribution >= 0.6 is 0 Å². The summed E-state index contributed by atoms with van der Waals surface area (Å²) in [7, 11) is 1.40. The Labute approximate surface area is 206 Å². The number of aliphatic hydroxyl groups excluding tert-OH is 1. The Hall–Kier alpha value is -4.18. The molecule has 1 fully saturated rings. The minimum atomic E-state index is -1.59. The highest BCUT2D eigenvalue weighted by molar-refractivity contribution is 6.10. The normalized spacial score (nSPS) is 22.2. The summed E-state index contributed by atoms with van der Waals surface area (Å²) in [6, 6.07) is 8.93. The van der Waals surface area contributed by atoms with Gasteiger partial charge >= 0.3 is 0 Å². The molecule has 186 valence electrons. The van der Waals surface area contributed by atoms with Crippen molar-refractivity contribution in [3.63, 3.8) is 0 Å². The van der Waals surface area contributed by atoms with E-state index in [4.69, 9.17) is 0 Å². The number of hydrogen-bond acceptors (Lipinski definition) is 6. The number of carbonyl (C=O) groups is 4. The molecule has 10 nitrogen and oxygen atoms in total. The van der Waals surface area contributed by atoms with Gasteiger partial charge in [-0.15, -0.1) is 0 Å². The van der Waals surface area contributed by atoms with Crippen LogP contribution in [0.1, 0.15) is 41.8 Å².